The molecule has 5 aromatic carbocycles. The minimum atomic E-state index is -1.29. The summed E-state index contributed by atoms with van der Waals surface area (Å²) >= 11 is 0. The third-order valence-electron chi connectivity index (χ3n) is 7.26. The van der Waals surface area contributed by atoms with Crippen LogP contribution in [0.1, 0.15) is 38.2 Å². The van der Waals surface area contributed by atoms with Crippen LogP contribution in [0.3, 0.4) is 0 Å². The summed E-state index contributed by atoms with van der Waals surface area (Å²) in [4.78, 5) is 39.7. The highest BCUT2D eigenvalue weighted by Gasteiger charge is 2.45. The number of amides is 1. The van der Waals surface area contributed by atoms with E-state index >= 15 is 0 Å². The molecule has 1 amide bonds. The van der Waals surface area contributed by atoms with Gasteiger partial charge in [-0.25, -0.2) is 4.79 Å². The zero-order chi connectivity index (χ0) is 28.7. The van der Waals surface area contributed by atoms with Gasteiger partial charge in [-0.3, -0.25) is 9.59 Å². The van der Waals surface area contributed by atoms with E-state index in [4.69, 9.17) is 0 Å². The van der Waals surface area contributed by atoms with Crippen LogP contribution in [-0.2, 0) is 21.4 Å². The Morgan fingerprint density at radius 1 is 0.561 bits per heavy atom. The van der Waals surface area contributed by atoms with Crippen molar-refractivity contribution in [2.45, 2.75) is 17.9 Å². The molecule has 5 aromatic rings. The lowest BCUT2D eigenvalue weighted by Crippen LogP contribution is -2.52. The van der Waals surface area contributed by atoms with Gasteiger partial charge in [-0.05, 0) is 22.3 Å². The average molecular weight is 540 g/mol. The van der Waals surface area contributed by atoms with Gasteiger partial charge in [0.15, 0.2) is 5.78 Å². The average Bonchev–Trinajstić information content (AvgIpc) is 3.03. The van der Waals surface area contributed by atoms with Gasteiger partial charge in [0.2, 0.25) is 5.91 Å². The van der Waals surface area contributed by atoms with Crippen molar-refractivity contribution in [1.29, 1.82) is 0 Å². The highest BCUT2D eigenvalue weighted by molar-refractivity contribution is 6.09. The fourth-order valence-corrected chi connectivity index (χ4v) is 5.21. The molecule has 41 heavy (non-hydrogen) atoms. The molecule has 202 valence electrons. The van der Waals surface area contributed by atoms with Crippen molar-refractivity contribution in [2.24, 2.45) is 0 Å². The number of carboxylic acid groups (broad SMARTS) is 1. The molecule has 5 rings (SSSR count). The number of carbonyl (C=O) groups excluding carboxylic acids is 2. The Bertz CT molecular complexity index is 1520. The van der Waals surface area contributed by atoms with Crippen LogP contribution in [0.4, 0.5) is 0 Å². The van der Waals surface area contributed by atoms with E-state index in [2.05, 4.69) is 5.32 Å². The molecule has 0 fully saturated rings. The molecule has 0 unspecified atom stereocenters. The van der Waals surface area contributed by atoms with Crippen molar-refractivity contribution in [3.8, 4) is 0 Å². The highest BCUT2D eigenvalue weighted by Crippen LogP contribution is 2.39. The normalized spacial score (nSPS) is 11.8. The molecule has 0 spiro atoms. The van der Waals surface area contributed by atoms with Crippen LogP contribution >= 0.6 is 0 Å². The van der Waals surface area contributed by atoms with E-state index in [1.165, 1.54) is 0 Å². The van der Waals surface area contributed by atoms with Gasteiger partial charge in [0.05, 0.1) is 0 Å². The van der Waals surface area contributed by atoms with E-state index in [0.29, 0.717) is 16.7 Å². The minimum absolute atomic E-state index is 0.0509. The molecule has 1 atom stereocenters. The fourth-order valence-electron chi connectivity index (χ4n) is 5.21. The van der Waals surface area contributed by atoms with E-state index in [9.17, 15) is 19.5 Å². The summed E-state index contributed by atoms with van der Waals surface area (Å²) in [5, 5.41) is 13.0. The molecule has 5 heteroatoms. The summed E-state index contributed by atoms with van der Waals surface area (Å²) in [7, 11) is 0. The van der Waals surface area contributed by atoms with E-state index in [0.717, 1.165) is 16.7 Å². The van der Waals surface area contributed by atoms with Crippen molar-refractivity contribution >= 4 is 17.7 Å². The summed E-state index contributed by atoms with van der Waals surface area (Å²) in [6.45, 7) is 0. The maximum Gasteiger partial charge on any atom is 0.326 e. The number of hydrogen-bond acceptors (Lipinski definition) is 3. The molecule has 0 aliphatic carbocycles. The van der Waals surface area contributed by atoms with E-state index in [1.54, 1.807) is 36.4 Å². The van der Waals surface area contributed by atoms with Crippen LogP contribution in [0.25, 0.3) is 0 Å². The highest BCUT2D eigenvalue weighted by atomic mass is 16.4. The summed E-state index contributed by atoms with van der Waals surface area (Å²) in [6, 6.07) is 42.8. The van der Waals surface area contributed by atoms with Crippen LogP contribution in [0.5, 0.6) is 0 Å². The van der Waals surface area contributed by atoms with Crippen LogP contribution < -0.4 is 5.32 Å². The van der Waals surface area contributed by atoms with E-state index < -0.39 is 23.3 Å². The number of ketones is 1. The SMILES string of the molecule is O=C(c1ccccc1)c1ccc(C[C@@H](NC(=O)C(c2ccccc2)(c2ccccc2)c2ccccc2)C(=O)O)cc1. The quantitative estimate of drug-likeness (QED) is 0.167. The molecule has 0 bridgehead atoms. The van der Waals surface area contributed by atoms with Crippen LogP contribution in [0.2, 0.25) is 0 Å². The fraction of sp³-hybridized carbons (Fsp3) is 0.0833. The number of nitrogens with one attached hydrogen (secondary N) is 1. The van der Waals surface area contributed by atoms with Crippen LogP contribution in [0.15, 0.2) is 146 Å². The zero-order valence-electron chi connectivity index (χ0n) is 22.3. The molecule has 2 N–H and O–H groups in total. The first kappa shape index (κ1) is 27.3. The van der Waals surface area contributed by atoms with E-state index in [1.807, 2.05) is 109 Å². The second kappa shape index (κ2) is 12.3. The Kier molecular flexibility index (Phi) is 8.16. The molecule has 0 aliphatic rings. The van der Waals surface area contributed by atoms with Crippen molar-refractivity contribution in [2.75, 3.05) is 0 Å². The van der Waals surface area contributed by atoms with Crippen molar-refractivity contribution < 1.29 is 19.5 Å². The number of carbonyl (C=O) groups is 3. The molecule has 5 nitrogen and oxygen atoms in total. The van der Waals surface area contributed by atoms with E-state index in [-0.39, 0.29) is 12.2 Å². The number of carboxylic acids is 1. The molecule has 0 heterocycles. The molecule has 0 aromatic heterocycles. The van der Waals surface area contributed by atoms with Crippen molar-refractivity contribution in [3.63, 3.8) is 0 Å². The third-order valence-corrected chi connectivity index (χ3v) is 7.26. The summed E-state index contributed by atoms with van der Waals surface area (Å²) in [5.41, 5.74) is 2.66. The number of benzene rings is 5. The molecule has 0 saturated heterocycles. The lowest BCUT2D eigenvalue weighted by molar-refractivity contribution is -0.142. The summed E-state index contributed by atoms with van der Waals surface area (Å²) in [5.74, 6) is -1.70. The maximum atomic E-state index is 14.5. The van der Waals surface area contributed by atoms with Gasteiger partial charge >= 0.3 is 5.97 Å². The largest absolute Gasteiger partial charge is 0.480 e. The van der Waals surface area contributed by atoms with Gasteiger partial charge in [-0.2, -0.15) is 0 Å². The second-order valence-corrected chi connectivity index (χ2v) is 9.81. The molecule has 0 aliphatic heterocycles. The molecule has 0 radical (unpaired) electrons. The Hall–Kier alpha value is -5.29. The lowest BCUT2D eigenvalue weighted by Gasteiger charge is -2.35. The monoisotopic (exact) mass is 539 g/mol. The first-order valence-electron chi connectivity index (χ1n) is 13.4. The van der Waals surface area contributed by atoms with Gasteiger partial charge < -0.3 is 10.4 Å². The number of aliphatic carboxylic acids is 1. The smallest absolute Gasteiger partial charge is 0.326 e. The van der Waals surface area contributed by atoms with Gasteiger partial charge in [-0.1, -0.05) is 146 Å². The molecular weight excluding hydrogens is 510 g/mol. The lowest BCUT2D eigenvalue weighted by atomic mass is 9.68. The van der Waals surface area contributed by atoms with Gasteiger partial charge in [0, 0.05) is 17.5 Å². The van der Waals surface area contributed by atoms with Crippen molar-refractivity contribution in [1.82, 2.24) is 5.32 Å². The number of rotatable bonds is 10. The standard InChI is InChI=1S/C36H29NO4/c38-33(27-13-5-1-6-14-27)28-23-21-26(22-24-28)25-32(34(39)40)37-35(41)36(29-15-7-2-8-16-29,30-17-9-3-10-18-30)31-19-11-4-12-20-31/h1-24,32H,25H2,(H,37,41)(H,39,40)/t32-/m1/s1. The Balaban J connectivity index is 1.48. The van der Waals surface area contributed by atoms with Crippen molar-refractivity contribution in [3.05, 3.63) is 179 Å². The predicted octanol–water partition coefficient (Wildman–Crippen LogP) is 6.06. The van der Waals surface area contributed by atoms with Gasteiger partial charge in [0.25, 0.3) is 0 Å². The van der Waals surface area contributed by atoms with Gasteiger partial charge in [-0.15, -0.1) is 0 Å². The van der Waals surface area contributed by atoms with Crippen LogP contribution in [-0.4, -0.2) is 28.8 Å². The van der Waals surface area contributed by atoms with Gasteiger partial charge in [0.1, 0.15) is 11.5 Å². The Morgan fingerprint density at radius 3 is 1.37 bits per heavy atom. The number of hydrogen-bond donors (Lipinski definition) is 2. The summed E-state index contributed by atoms with van der Waals surface area (Å²) in [6.07, 6.45) is 0.0509. The second-order valence-electron chi connectivity index (χ2n) is 9.81. The Labute approximate surface area is 239 Å². The first-order chi connectivity index (χ1) is 20.0. The first-order valence-corrected chi connectivity index (χ1v) is 13.4. The maximum absolute atomic E-state index is 14.5. The topological polar surface area (TPSA) is 83.5 Å². The zero-order valence-corrected chi connectivity index (χ0v) is 22.3. The third kappa shape index (κ3) is 5.70. The molecule has 0 saturated carbocycles. The molecular formula is C36H29NO4. The predicted molar refractivity (Wildman–Crippen MR) is 159 cm³/mol. The van der Waals surface area contributed by atoms with Crippen LogP contribution in [0, 0.1) is 0 Å². The minimum Gasteiger partial charge on any atom is -0.480 e. The Morgan fingerprint density at radius 2 is 0.951 bits per heavy atom. The summed E-state index contributed by atoms with van der Waals surface area (Å²) < 4.78 is 0.